The van der Waals surface area contributed by atoms with E-state index in [4.69, 9.17) is 25.9 Å². The van der Waals surface area contributed by atoms with Crippen molar-refractivity contribution in [1.82, 2.24) is 0 Å². The minimum Gasteiger partial charge on any atom is -0.479 e. The van der Waals surface area contributed by atoms with E-state index in [9.17, 15) is 9.59 Å². The van der Waals surface area contributed by atoms with Crippen molar-refractivity contribution >= 4 is 28.5 Å². The maximum atomic E-state index is 11.6. The first-order valence-corrected chi connectivity index (χ1v) is 5.47. The summed E-state index contributed by atoms with van der Waals surface area (Å²) >= 11 is 5.64. The monoisotopic (exact) mass is 268 g/mol. The number of fused-ring (bicyclic) bond motifs is 1. The first-order chi connectivity index (χ1) is 8.49. The van der Waals surface area contributed by atoms with Gasteiger partial charge >= 0.3 is 5.97 Å². The highest BCUT2D eigenvalue weighted by Crippen LogP contribution is 2.21. The van der Waals surface area contributed by atoms with E-state index in [1.165, 1.54) is 25.1 Å². The molecule has 0 saturated carbocycles. The highest BCUT2D eigenvalue weighted by Gasteiger charge is 2.13. The molecule has 0 spiro atoms. The third kappa shape index (κ3) is 2.31. The molecule has 18 heavy (non-hydrogen) atoms. The van der Waals surface area contributed by atoms with Gasteiger partial charge in [0.05, 0.1) is 5.39 Å². The molecule has 0 bridgehead atoms. The van der Waals surface area contributed by atoms with Crippen molar-refractivity contribution in [1.29, 1.82) is 0 Å². The molecule has 1 atom stereocenters. The Balaban J connectivity index is 2.43. The van der Waals surface area contributed by atoms with E-state index in [-0.39, 0.29) is 10.5 Å². The maximum Gasteiger partial charge on any atom is 0.344 e. The van der Waals surface area contributed by atoms with Crippen LogP contribution in [0.5, 0.6) is 5.75 Å². The SMILES string of the molecule is C[C@H](Oc1ccc2c(=O)c(Cl)coc2c1)C(=O)O. The number of carboxylic acid groups (broad SMARTS) is 1. The molecule has 0 radical (unpaired) electrons. The van der Waals surface area contributed by atoms with Gasteiger partial charge in [-0.25, -0.2) is 4.79 Å². The van der Waals surface area contributed by atoms with Gasteiger partial charge in [-0.2, -0.15) is 0 Å². The van der Waals surface area contributed by atoms with E-state index < -0.39 is 12.1 Å². The van der Waals surface area contributed by atoms with Crippen LogP contribution >= 0.6 is 11.6 Å². The average Bonchev–Trinajstić information content (AvgIpc) is 2.34. The lowest BCUT2D eigenvalue weighted by Gasteiger charge is -2.10. The number of hydrogen-bond acceptors (Lipinski definition) is 4. The normalized spacial score (nSPS) is 12.3. The lowest BCUT2D eigenvalue weighted by molar-refractivity contribution is -0.144. The molecular weight excluding hydrogens is 260 g/mol. The molecule has 0 amide bonds. The zero-order chi connectivity index (χ0) is 13.3. The number of hydrogen-bond donors (Lipinski definition) is 1. The third-order valence-electron chi connectivity index (χ3n) is 2.36. The minimum atomic E-state index is -1.08. The number of halogens is 1. The summed E-state index contributed by atoms with van der Waals surface area (Å²) in [7, 11) is 0. The molecule has 0 aliphatic heterocycles. The third-order valence-corrected chi connectivity index (χ3v) is 2.63. The number of rotatable bonds is 3. The van der Waals surface area contributed by atoms with Gasteiger partial charge in [0, 0.05) is 6.07 Å². The van der Waals surface area contributed by atoms with Crippen LogP contribution in [0.2, 0.25) is 5.02 Å². The Morgan fingerprint density at radius 2 is 2.22 bits per heavy atom. The Morgan fingerprint density at radius 3 is 2.89 bits per heavy atom. The van der Waals surface area contributed by atoms with E-state index in [1.54, 1.807) is 0 Å². The maximum absolute atomic E-state index is 11.6. The molecule has 2 aromatic rings. The molecular formula is C12H9ClO5. The highest BCUT2D eigenvalue weighted by atomic mass is 35.5. The summed E-state index contributed by atoms with van der Waals surface area (Å²) in [6.07, 6.45) is 0.151. The Morgan fingerprint density at radius 1 is 1.50 bits per heavy atom. The van der Waals surface area contributed by atoms with Crippen molar-refractivity contribution in [3.05, 3.63) is 39.7 Å². The van der Waals surface area contributed by atoms with E-state index in [0.29, 0.717) is 16.7 Å². The Bertz CT molecular complexity index is 661. The molecule has 2 rings (SSSR count). The van der Waals surface area contributed by atoms with Crippen LogP contribution in [-0.4, -0.2) is 17.2 Å². The number of carboxylic acids is 1. The van der Waals surface area contributed by atoms with Gasteiger partial charge in [-0.05, 0) is 19.1 Å². The molecule has 94 valence electrons. The van der Waals surface area contributed by atoms with Gasteiger partial charge in [-0.15, -0.1) is 0 Å². The van der Waals surface area contributed by atoms with E-state index in [1.807, 2.05) is 0 Å². The summed E-state index contributed by atoms with van der Waals surface area (Å²) < 4.78 is 10.3. The number of ether oxygens (including phenoxy) is 1. The number of benzene rings is 1. The van der Waals surface area contributed by atoms with Gasteiger partial charge in [0.1, 0.15) is 22.6 Å². The molecule has 0 unspecified atom stereocenters. The summed E-state index contributed by atoms with van der Waals surface area (Å²) in [4.78, 5) is 22.3. The van der Waals surface area contributed by atoms with E-state index in [0.717, 1.165) is 6.26 Å². The van der Waals surface area contributed by atoms with Gasteiger partial charge in [0.2, 0.25) is 5.43 Å². The molecule has 0 aliphatic rings. The molecule has 1 aromatic heterocycles. The second kappa shape index (κ2) is 4.70. The predicted octanol–water partition coefficient (Wildman–Crippen LogP) is 2.30. The Hall–Kier alpha value is -2.01. The molecule has 6 heteroatoms. The van der Waals surface area contributed by atoms with Crippen LogP contribution in [0, 0.1) is 0 Å². The van der Waals surface area contributed by atoms with Crippen LogP contribution in [0.25, 0.3) is 11.0 Å². The van der Waals surface area contributed by atoms with E-state index in [2.05, 4.69) is 0 Å². The van der Waals surface area contributed by atoms with Crippen molar-refractivity contribution in [3.63, 3.8) is 0 Å². The average molecular weight is 269 g/mol. The topological polar surface area (TPSA) is 76.7 Å². The van der Waals surface area contributed by atoms with Crippen molar-refractivity contribution in [2.75, 3.05) is 0 Å². The molecule has 0 saturated heterocycles. The molecule has 0 aliphatic carbocycles. The number of carbonyl (C=O) groups is 1. The largest absolute Gasteiger partial charge is 0.479 e. The van der Waals surface area contributed by atoms with Gasteiger partial charge in [-0.3, -0.25) is 4.79 Å². The Labute approximate surface area is 107 Å². The standard InChI is InChI=1S/C12H9ClO5/c1-6(12(15)16)18-7-2-3-8-10(4-7)17-5-9(13)11(8)14/h2-6H,1H3,(H,15,16)/t6-/m0/s1. The predicted molar refractivity (Wildman–Crippen MR) is 65.2 cm³/mol. The van der Waals surface area contributed by atoms with Gasteiger partial charge in [0.15, 0.2) is 6.10 Å². The summed E-state index contributed by atoms with van der Waals surface area (Å²) in [5.41, 5.74) is -0.0461. The first kappa shape index (κ1) is 12.4. The van der Waals surface area contributed by atoms with Gasteiger partial charge < -0.3 is 14.3 Å². The lowest BCUT2D eigenvalue weighted by atomic mass is 10.2. The molecule has 5 nitrogen and oxygen atoms in total. The van der Waals surface area contributed by atoms with Crippen LogP contribution in [0.1, 0.15) is 6.92 Å². The molecule has 1 heterocycles. The van der Waals surface area contributed by atoms with Gasteiger partial charge in [-0.1, -0.05) is 11.6 Å². The van der Waals surface area contributed by atoms with Crippen molar-refractivity contribution < 1.29 is 19.1 Å². The molecule has 1 N–H and O–H groups in total. The molecule has 0 fully saturated rings. The second-order valence-electron chi connectivity index (χ2n) is 3.67. The highest BCUT2D eigenvalue weighted by molar-refractivity contribution is 6.30. The fourth-order valence-electron chi connectivity index (χ4n) is 1.41. The van der Waals surface area contributed by atoms with E-state index >= 15 is 0 Å². The van der Waals surface area contributed by atoms with Crippen molar-refractivity contribution in [2.24, 2.45) is 0 Å². The van der Waals surface area contributed by atoms with Crippen LogP contribution in [0.3, 0.4) is 0 Å². The molecule has 1 aromatic carbocycles. The van der Waals surface area contributed by atoms with Crippen molar-refractivity contribution in [2.45, 2.75) is 13.0 Å². The van der Waals surface area contributed by atoms with Crippen LogP contribution < -0.4 is 10.2 Å². The minimum absolute atomic E-state index is 0.00456. The van der Waals surface area contributed by atoms with Crippen LogP contribution in [0.4, 0.5) is 0 Å². The summed E-state index contributed by atoms with van der Waals surface area (Å²) in [5.74, 6) is -0.768. The van der Waals surface area contributed by atoms with Crippen LogP contribution in [-0.2, 0) is 4.79 Å². The quantitative estimate of drug-likeness (QED) is 0.924. The zero-order valence-corrected chi connectivity index (χ0v) is 10.1. The smallest absolute Gasteiger partial charge is 0.344 e. The van der Waals surface area contributed by atoms with Gasteiger partial charge in [0.25, 0.3) is 0 Å². The zero-order valence-electron chi connectivity index (χ0n) is 9.34. The fraction of sp³-hybridized carbons (Fsp3) is 0.167. The summed E-state index contributed by atoms with van der Waals surface area (Å²) in [6.45, 7) is 1.41. The summed E-state index contributed by atoms with van der Waals surface area (Å²) in [5, 5.41) is 9.03. The Kier molecular flexibility index (Phi) is 3.25. The van der Waals surface area contributed by atoms with Crippen LogP contribution in [0.15, 0.2) is 33.7 Å². The second-order valence-corrected chi connectivity index (χ2v) is 4.08. The number of aliphatic carboxylic acids is 1. The van der Waals surface area contributed by atoms with Crippen molar-refractivity contribution in [3.8, 4) is 5.75 Å². The lowest BCUT2D eigenvalue weighted by Crippen LogP contribution is -2.22. The first-order valence-electron chi connectivity index (χ1n) is 5.09. The fourth-order valence-corrected chi connectivity index (χ4v) is 1.56. The summed E-state index contributed by atoms with van der Waals surface area (Å²) in [6, 6.07) is 4.43.